The lowest BCUT2D eigenvalue weighted by atomic mass is 10.3. The van der Waals surface area contributed by atoms with Gasteiger partial charge in [0.05, 0.1) is 0 Å². The molecule has 0 radical (unpaired) electrons. The van der Waals surface area contributed by atoms with Gasteiger partial charge in [-0.3, -0.25) is 0 Å². The van der Waals surface area contributed by atoms with E-state index in [-0.39, 0.29) is 0 Å². The summed E-state index contributed by atoms with van der Waals surface area (Å²) in [7, 11) is 0. The van der Waals surface area contributed by atoms with E-state index in [1.165, 1.54) is 13.1 Å². The van der Waals surface area contributed by atoms with Crippen LogP contribution in [0.25, 0.3) is 0 Å². The van der Waals surface area contributed by atoms with Crippen molar-refractivity contribution in [1.29, 1.82) is 0 Å². The van der Waals surface area contributed by atoms with Gasteiger partial charge in [0.2, 0.25) is 0 Å². The lowest BCUT2D eigenvalue weighted by Gasteiger charge is -1.82. The molecule has 2 aromatic rings. The Morgan fingerprint density at radius 3 is 1.06 bits per heavy atom. The van der Waals surface area contributed by atoms with E-state index in [0.717, 1.165) is 0 Å². The van der Waals surface area contributed by atoms with Gasteiger partial charge in [-0.25, -0.2) is 0 Å². The van der Waals surface area contributed by atoms with Gasteiger partial charge >= 0.3 is 0 Å². The predicted octanol–water partition coefficient (Wildman–Crippen LogP) is 2.37. The Balaban J connectivity index is 0.000000137. The molecule has 17 heavy (non-hydrogen) atoms. The van der Waals surface area contributed by atoms with Gasteiger partial charge in [-0.15, -0.1) is 0 Å². The quantitative estimate of drug-likeness (QED) is 0.610. The molecule has 0 aromatic heterocycles. The lowest BCUT2D eigenvalue weighted by Crippen LogP contribution is -1.56. The predicted molar refractivity (Wildman–Crippen MR) is 69.1 cm³/mol. The van der Waals surface area contributed by atoms with Gasteiger partial charge in [-0.1, -0.05) is 36.4 Å². The highest BCUT2D eigenvalue weighted by Crippen LogP contribution is 2.03. The SMILES string of the molecule is C1CN1.Oc1ccccc1.Oc1ccccc1. The normalized spacial score (nSPS) is 11.3. The van der Waals surface area contributed by atoms with E-state index in [0.29, 0.717) is 11.5 Å². The van der Waals surface area contributed by atoms with Crippen LogP contribution in [0.4, 0.5) is 0 Å². The van der Waals surface area contributed by atoms with E-state index in [2.05, 4.69) is 5.32 Å². The fourth-order valence-electron chi connectivity index (χ4n) is 0.856. The Hall–Kier alpha value is -2.00. The van der Waals surface area contributed by atoms with Crippen LogP contribution in [0.2, 0.25) is 0 Å². The molecule has 0 aliphatic carbocycles. The molecular formula is C14H17NO2. The van der Waals surface area contributed by atoms with E-state index in [1.807, 2.05) is 12.1 Å². The Kier molecular flexibility index (Phi) is 6.29. The van der Waals surface area contributed by atoms with Crippen molar-refractivity contribution in [3.63, 3.8) is 0 Å². The van der Waals surface area contributed by atoms with Gasteiger partial charge in [0, 0.05) is 13.1 Å². The minimum atomic E-state index is 0.322. The first-order valence-corrected chi connectivity index (χ1v) is 5.48. The van der Waals surface area contributed by atoms with Gasteiger partial charge in [0.25, 0.3) is 0 Å². The number of para-hydroxylation sites is 2. The smallest absolute Gasteiger partial charge is 0.115 e. The number of rotatable bonds is 0. The van der Waals surface area contributed by atoms with E-state index in [1.54, 1.807) is 48.5 Å². The van der Waals surface area contributed by atoms with Crippen molar-refractivity contribution >= 4 is 0 Å². The summed E-state index contributed by atoms with van der Waals surface area (Å²) in [6, 6.07) is 17.4. The number of hydrogen-bond donors (Lipinski definition) is 3. The summed E-state index contributed by atoms with van der Waals surface area (Å²) in [4.78, 5) is 0. The second-order valence-electron chi connectivity index (χ2n) is 3.42. The topological polar surface area (TPSA) is 62.4 Å². The van der Waals surface area contributed by atoms with E-state index < -0.39 is 0 Å². The summed E-state index contributed by atoms with van der Waals surface area (Å²) in [6.45, 7) is 2.50. The van der Waals surface area contributed by atoms with E-state index in [4.69, 9.17) is 10.2 Å². The highest BCUT2D eigenvalue weighted by atomic mass is 16.3. The van der Waals surface area contributed by atoms with Crippen LogP contribution in [0.15, 0.2) is 60.7 Å². The summed E-state index contributed by atoms with van der Waals surface area (Å²) in [5.41, 5.74) is 0. The average molecular weight is 231 g/mol. The molecule has 3 N–H and O–H groups in total. The van der Waals surface area contributed by atoms with Crippen molar-refractivity contribution in [3.05, 3.63) is 60.7 Å². The monoisotopic (exact) mass is 231 g/mol. The summed E-state index contributed by atoms with van der Waals surface area (Å²) >= 11 is 0. The first kappa shape index (κ1) is 13.1. The minimum absolute atomic E-state index is 0.322. The van der Waals surface area contributed by atoms with Crippen LogP contribution in [-0.4, -0.2) is 23.3 Å². The second-order valence-corrected chi connectivity index (χ2v) is 3.42. The van der Waals surface area contributed by atoms with Gasteiger partial charge < -0.3 is 15.5 Å². The molecule has 1 fully saturated rings. The second kappa shape index (κ2) is 8.19. The molecule has 0 unspecified atom stereocenters. The Morgan fingerprint density at radius 2 is 0.941 bits per heavy atom. The van der Waals surface area contributed by atoms with Crippen LogP contribution in [0.5, 0.6) is 11.5 Å². The van der Waals surface area contributed by atoms with Crippen molar-refractivity contribution in [3.8, 4) is 11.5 Å². The molecule has 3 heteroatoms. The first-order valence-electron chi connectivity index (χ1n) is 5.48. The highest BCUT2D eigenvalue weighted by molar-refractivity contribution is 5.19. The van der Waals surface area contributed by atoms with Crippen LogP contribution in [-0.2, 0) is 0 Å². The Morgan fingerprint density at radius 1 is 0.647 bits per heavy atom. The van der Waals surface area contributed by atoms with Crippen molar-refractivity contribution in [2.45, 2.75) is 0 Å². The van der Waals surface area contributed by atoms with E-state index in [9.17, 15) is 0 Å². The third kappa shape index (κ3) is 8.96. The van der Waals surface area contributed by atoms with Crippen molar-refractivity contribution in [2.75, 3.05) is 13.1 Å². The zero-order valence-electron chi connectivity index (χ0n) is 9.58. The zero-order chi connectivity index (χ0) is 12.3. The molecule has 2 aromatic carbocycles. The third-order valence-electron chi connectivity index (χ3n) is 1.76. The maximum Gasteiger partial charge on any atom is 0.115 e. The summed E-state index contributed by atoms with van der Waals surface area (Å²) in [6.07, 6.45) is 0. The number of benzene rings is 2. The number of aromatic hydroxyl groups is 2. The van der Waals surface area contributed by atoms with Gasteiger partial charge in [0.15, 0.2) is 0 Å². The van der Waals surface area contributed by atoms with Gasteiger partial charge in [-0.05, 0) is 24.3 Å². The van der Waals surface area contributed by atoms with Gasteiger partial charge in [0.1, 0.15) is 11.5 Å². The maximum absolute atomic E-state index is 8.63. The number of nitrogens with one attached hydrogen (secondary N) is 1. The molecule has 90 valence electrons. The molecule has 1 heterocycles. The highest BCUT2D eigenvalue weighted by Gasteiger charge is 1.91. The standard InChI is InChI=1S/2C6H6O.C2H5N/c2*7-6-4-2-1-3-5-6;1-2-3-1/h2*1-5,7H;3H,1-2H2. The van der Waals surface area contributed by atoms with Crippen LogP contribution in [0, 0.1) is 0 Å². The molecule has 1 saturated heterocycles. The molecule has 3 rings (SSSR count). The van der Waals surface area contributed by atoms with Crippen LogP contribution >= 0.6 is 0 Å². The van der Waals surface area contributed by atoms with E-state index >= 15 is 0 Å². The Bertz CT molecular complexity index is 347. The average Bonchev–Trinajstić information content (AvgIpc) is 3.19. The molecule has 0 atom stereocenters. The summed E-state index contributed by atoms with van der Waals surface area (Å²) < 4.78 is 0. The molecule has 1 aliphatic rings. The molecular weight excluding hydrogens is 214 g/mol. The molecule has 0 bridgehead atoms. The number of phenolic OH excluding ortho intramolecular Hbond substituents is 2. The molecule has 0 amide bonds. The molecule has 0 spiro atoms. The summed E-state index contributed by atoms with van der Waals surface area (Å²) in [5, 5.41) is 20.3. The molecule has 0 saturated carbocycles. The molecule has 1 aliphatic heterocycles. The first-order chi connectivity index (χ1) is 8.29. The van der Waals surface area contributed by atoms with Crippen LogP contribution in [0.1, 0.15) is 0 Å². The minimum Gasteiger partial charge on any atom is -0.508 e. The van der Waals surface area contributed by atoms with Crippen LogP contribution in [0.3, 0.4) is 0 Å². The van der Waals surface area contributed by atoms with Crippen molar-refractivity contribution in [2.24, 2.45) is 0 Å². The lowest BCUT2D eigenvalue weighted by molar-refractivity contribution is 0.475. The van der Waals surface area contributed by atoms with Crippen LogP contribution < -0.4 is 5.32 Å². The number of phenols is 2. The zero-order valence-corrected chi connectivity index (χ0v) is 9.58. The number of hydrogen-bond acceptors (Lipinski definition) is 3. The maximum atomic E-state index is 8.63. The fourth-order valence-corrected chi connectivity index (χ4v) is 0.856. The molecule has 3 nitrogen and oxygen atoms in total. The van der Waals surface area contributed by atoms with Crippen molar-refractivity contribution in [1.82, 2.24) is 5.32 Å². The third-order valence-corrected chi connectivity index (χ3v) is 1.76. The fraction of sp³-hybridized carbons (Fsp3) is 0.143. The van der Waals surface area contributed by atoms with Gasteiger partial charge in [-0.2, -0.15) is 0 Å². The largest absolute Gasteiger partial charge is 0.508 e. The van der Waals surface area contributed by atoms with Crippen molar-refractivity contribution < 1.29 is 10.2 Å². The summed E-state index contributed by atoms with van der Waals surface area (Å²) in [5.74, 6) is 0.644. The Labute approximate surface area is 101 Å².